The quantitative estimate of drug-likeness (QED) is 0.674. The topological polar surface area (TPSA) is 92.5 Å². The lowest BCUT2D eigenvalue weighted by molar-refractivity contribution is 0.0991. The van der Waals surface area contributed by atoms with Crippen LogP contribution in [0.4, 0.5) is 4.79 Å². The summed E-state index contributed by atoms with van der Waals surface area (Å²) >= 11 is 0. The normalized spacial score (nSPS) is 16.5. The molecule has 0 spiro atoms. The minimum Gasteiger partial charge on any atom is -0.336 e. The van der Waals surface area contributed by atoms with Gasteiger partial charge in [-0.25, -0.2) is 4.79 Å². The van der Waals surface area contributed by atoms with E-state index in [-0.39, 0.29) is 30.2 Å². The van der Waals surface area contributed by atoms with E-state index in [4.69, 9.17) is 0 Å². The highest BCUT2D eigenvalue weighted by molar-refractivity contribution is 5.97. The van der Waals surface area contributed by atoms with Crippen molar-refractivity contribution >= 4 is 17.5 Å². The summed E-state index contributed by atoms with van der Waals surface area (Å²) in [7, 11) is 0. The molecule has 0 radical (unpaired) electrons. The van der Waals surface area contributed by atoms with Gasteiger partial charge in [0.15, 0.2) is 11.4 Å². The van der Waals surface area contributed by atoms with Gasteiger partial charge in [0.05, 0.1) is 6.42 Å². The Morgan fingerprint density at radius 1 is 1.21 bits per heavy atom. The number of Topliss-reactive ketones (excluding diaryl/α,β-unsaturated/α-hetero) is 1. The predicted octanol–water partition coefficient (Wildman–Crippen LogP) is 2.46. The van der Waals surface area contributed by atoms with E-state index < -0.39 is 0 Å². The molecule has 1 aliphatic heterocycles. The summed E-state index contributed by atoms with van der Waals surface area (Å²) in [6, 6.07) is 9.17. The molecule has 0 saturated carbocycles. The number of hydrogen-bond acceptors (Lipinski definition) is 5. The van der Waals surface area contributed by atoms with Crippen LogP contribution in [-0.2, 0) is 6.42 Å². The lowest BCUT2D eigenvalue weighted by Crippen LogP contribution is -2.41. The summed E-state index contributed by atoms with van der Waals surface area (Å²) < 4.78 is 1.88. The van der Waals surface area contributed by atoms with E-state index in [2.05, 4.69) is 20.5 Å². The standard InChI is InChI=1S/C21H24N6O2/c1-14(2)23-21(29)26-10-8-16(12-26)20-25-24-19-7-6-15(13-27(19)20)18(28)11-17-5-3-4-9-22-17/h3-7,9,13-14,16H,8,10-12H2,1-2H3,(H,23,29). The number of carbonyl (C=O) groups is 2. The molecule has 1 unspecified atom stereocenters. The highest BCUT2D eigenvalue weighted by Crippen LogP contribution is 2.26. The van der Waals surface area contributed by atoms with Gasteiger partial charge in [-0.05, 0) is 44.5 Å². The molecule has 2 amide bonds. The minimum atomic E-state index is -0.0532. The van der Waals surface area contributed by atoms with E-state index in [1.807, 2.05) is 41.3 Å². The molecule has 3 aromatic heterocycles. The number of hydrogen-bond donors (Lipinski definition) is 1. The predicted molar refractivity (Wildman–Crippen MR) is 108 cm³/mol. The fourth-order valence-corrected chi connectivity index (χ4v) is 3.61. The van der Waals surface area contributed by atoms with Gasteiger partial charge in [0.25, 0.3) is 0 Å². The van der Waals surface area contributed by atoms with Gasteiger partial charge in [-0.3, -0.25) is 14.2 Å². The molecule has 1 aliphatic rings. The molecule has 150 valence electrons. The first-order chi connectivity index (χ1) is 14.0. The Bertz CT molecular complexity index is 1030. The van der Waals surface area contributed by atoms with Crippen molar-refractivity contribution in [3.63, 3.8) is 0 Å². The smallest absolute Gasteiger partial charge is 0.317 e. The Hall–Kier alpha value is -3.29. The second-order valence-electron chi connectivity index (χ2n) is 7.66. The maximum Gasteiger partial charge on any atom is 0.317 e. The van der Waals surface area contributed by atoms with E-state index in [0.717, 1.165) is 17.9 Å². The molecule has 0 bridgehead atoms. The summed E-state index contributed by atoms with van der Waals surface area (Å²) in [5.41, 5.74) is 2.03. The second kappa shape index (κ2) is 7.98. The molecule has 1 N–H and O–H groups in total. The summed E-state index contributed by atoms with van der Waals surface area (Å²) in [4.78, 5) is 31.0. The Morgan fingerprint density at radius 2 is 2.07 bits per heavy atom. The monoisotopic (exact) mass is 392 g/mol. The molecule has 4 rings (SSSR count). The number of amides is 2. The average Bonchev–Trinajstić information content (AvgIpc) is 3.34. The van der Waals surface area contributed by atoms with Gasteiger partial charge in [0.1, 0.15) is 5.82 Å². The van der Waals surface area contributed by atoms with E-state index in [0.29, 0.717) is 24.3 Å². The second-order valence-corrected chi connectivity index (χ2v) is 7.66. The van der Waals surface area contributed by atoms with Crippen LogP contribution in [0, 0.1) is 0 Å². The van der Waals surface area contributed by atoms with Crippen molar-refractivity contribution in [3.05, 3.63) is 59.8 Å². The van der Waals surface area contributed by atoms with E-state index in [9.17, 15) is 9.59 Å². The van der Waals surface area contributed by atoms with Crippen LogP contribution in [0.2, 0.25) is 0 Å². The van der Waals surface area contributed by atoms with Crippen LogP contribution >= 0.6 is 0 Å². The highest BCUT2D eigenvalue weighted by atomic mass is 16.2. The van der Waals surface area contributed by atoms with Crippen molar-refractivity contribution in [2.75, 3.05) is 13.1 Å². The Morgan fingerprint density at radius 3 is 2.83 bits per heavy atom. The van der Waals surface area contributed by atoms with Crippen LogP contribution in [0.1, 0.15) is 48.1 Å². The number of nitrogens with one attached hydrogen (secondary N) is 1. The number of carbonyl (C=O) groups excluding carboxylic acids is 2. The SMILES string of the molecule is CC(C)NC(=O)N1CCC(c2nnc3ccc(C(=O)Cc4ccccn4)cn23)C1. The highest BCUT2D eigenvalue weighted by Gasteiger charge is 2.30. The molecule has 0 aliphatic carbocycles. The molecule has 3 aromatic rings. The number of rotatable bonds is 5. The molecular formula is C21H24N6O2. The van der Waals surface area contributed by atoms with Crippen molar-refractivity contribution in [1.82, 2.24) is 29.8 Å². The van der Waals surface area contributed by atoms with Gasteiger partial charge in [0.2, 0.25) is 0 Å². The Kier molecular flexibility index (Phi) is 5.24. The average molecular weight is 392 g/mol. The van der Waals surface area contributed by atoms with Crippen molar-refractivity contribution in [3.8, 4) is 0 Å². The Labute approximate surface area is 169 Å². The van der Waals surface area contributed by atoms with Crippen molar-refractivity contribution in [1.29, 1.82) is 0 Å². The summed E-state index contributed by atoms with van der Waals surface area (Å²) in [5, 5.41) is 11.5. The summed E-state index contributed by atoms with van der Waals surface area (Å²) in [6.45, 7) is 5.16. The summed E-state index contributed by atoms with van der Waals surface area (Å²) in [6.07, 6.45) is 4.55. The van der Waals surface area contributed by atoms with Gasteiger partial charge in [0, 0.05) is 48.7 Å². The number of pyridine rings is 2. The molecule has 1 atom stereocenters. The Balaban J connectivity index is 1.53. The number of likely N-dealkylation sites (tertiary alicyclic amines) is 1. The van der Waals surface area contributed by atoms with Gasteiger partial charge in [-0.1, -0.05) is 6.07 Å². The number of aromatic nitrogens is 4. The number of urea groups is 1. The first-order valence-corrected chi connectivity index (χ1v) is 9.84. The van der Waals surface area contributed by atoms with Gasteiger partial charge in [-0.15, -0.1) is 10.2 Å². The van der Waals surface area contributed by atoms with E-state index >= 15 is 0 Å². The fraction of sp³-hybridized carbons (Fsp3) is 0.381. The zero-order chi connectivity index (χ0) is 20.4. The van der Waals surface area contributed by atoms with E-state index in [1.165, 1.54) is 0 Å². The molecule has 1 saturated heterocycles. The maximum atomic E-state index is 12.7. The lowest BCUT2D eigenvalue weighted by Gasteiger charge is -2.18. The molecule has 0 aromatic carbocycles. The first kappa shape index (κ1) is 19.0. The molecule has 8 heteroatoms. The molecule has 8 nitrogen and oxygen atoms in total. The maximum absolute atomic E-state index is 12.7. The number of fused-ring (bicyclic) bond motifs is 1. The van der Waals surface area contributed by atoms with Crippen LogP contribution in [0.5, 0.6) is 0 Å². The van der Waals surface area contributed by atoms with Crippen LogP contribution in [0.15, 0.2) is 42.7 Å². The van der Waals surface area contributed by atoms with Crippen LogP contribution in [0.3, 0.4) is 0 Å². The minimum absolute atomic E-state index is 0.00499. The number of nitrogens with zero attached hydrogens (tertiary/aromatic N) is 5. The molecule has 29 heavy (non-hydrogen) atoms. The zero-order valence-electron chi connectivity index (χ0n) is 16.6. The van der Waals surface area contributed by atoms with Crippen LogP contribution in [-0.4, -0.2) is 55.4 Å². The van der Waals surface area contributed by atoms with Crippen molar-refractivity contribution in [2.45, 2.75) is 38.6 Å². The first-order valence-electron chi connectivity index (χ1n) is 9.84. The molecular weight excluding hydrogens is 368 g/mol. The number of ketones is 1. The lowest BCUT2D eigenvalue weighted by atomic mass is 10.1. The fourth-order valence-electron chi connectivity index (χ4n) is 3.61. The van der Waals surface area contributed by atoms with Crippen molar-refractivity contribution < 1.29 is 9.59 Å². The third-order valence-corrected chi connectivity index (χ3v) is 5.07. The van der Waals surface area contributed by atoms with Gasteiger partial charge >= 0.3 is 6.03 Å². The third kappa shape index (κ3) is 4.11. The zero-order valence-corrected chi connectivity index (χ0v) is 16.6. The molecule has 1 fully saturated rings. The van der Waals surface area contributed by atoms with Crippen LogP contribution in [0.25, 0.3) is 5.65 Å². The van der Waals surface area contributed by atoms with Crippen molar-refractivity contribution in [2.24, 2.45) is 0 Å². The molecule has 4 heterocycles. The summed E-state index contributed by atoms with van der Waals surface area (Å²) in [5.74, 6) is 0.867. The van der Waals surface area contributed by atoms with Gasteiger partial charge < -0.3 is 10.2 Å². The van der Waals surface area contributed by atoms with Crippen LogP contribution < -0.4 is 5.32 Å². The van der Waals surface area contributed by atoms with E-state index in [1.54, 1.807) is 24.5 Å². The largest absolute Gasteiger partial charge is 0.336 e. The third-order valence-electron chi connectivity index (χ3n) is 5.07. The van der Waals surface area contributed by atoms with Gasteiger partial charge in [-0.2, -0.15) is 0 Å².